The highest BCUT2D eigenvalue weighted by Crippen LogP contribution is 1.97. The van der Waals surface area contributed by atoms with Crippen molar-refractivity contribution in [3.05, 3.63) is 7.11 Å². The molecule has 0 amide bonds. The van der Waals surface area contributed by atoms with E-state index in [-0.39, 0.29) is 0 Å². The second-order valence-electron chi connectivity index (χ2n) is 3.05. The zero-order chi connectivity index (χ0) is 8.10. The second kappa shape index (κ2) is 4.70. The summed E-state index contributed by atoms with van der Waals surface area (Å²) in [7, 11) is 5.51. The molecule has 1 rings (SSSR count). The molecule has 0 atom stereocenters. The molecule has 0 N–H and O–H groups in total. The van der Waals surface area contributed by atoms with Gasteiger partial charge in [0.05, 0.1) is 0 Å². The van der Waals surface area contributed by atoms with Gasteiger partial charge < -0.3 is 9.64 Å². The smallest absolute Gasteiger partial charge is 0.0241 e. The lowest BCUT2D eigenvalue weighted by atomic mass is 10.3. The minimum absolute atomic E-state index is 0.754. The molecule has 3 nitrogen and oxygen atoms in total. The van der Waals surface area contributed by atoms with Crippen LogP contribution in [0, 0.1) is 7.11 Å². The van der Waals surface area contributed by atoms with E-state index in [1.54, 1.807) is 0 Å². The molecule has 1 saturated heterocycles. The number of likely N-dealkylation sites (N-methyl/N-ethyl adjacent to an activating group) is 1. The van der Waals surface area contributed by atoms with Crippen LogP contribution in [0.15, 0.2) is 0 Å². The van der Waals surface area contributed by atoms with E-state index >= 15 is 0 Å². The van der Waals surface area contributed by atoms with Gasteiger partial charge in [-0.15, -0.1) is 0 Å². The first-order valence-electron chi connectivity index (χ1n) is 4.11. The first kappa shape index (κ1) is 8.97. The highest BCUT2D eigenvalue weighted by atomic mass is 16.5. The first-order valence-corrected chi connectivity index (χ1v) is 4.11. The Morgan fingerprint density at radius 2 is 1.91 bits per heavy atom. The van der Waals surface area contributed by atoms with Crippen LogP contribution in [-0.2, 0) is 4.74 Å². The van der Waals surface area contributed by atoms with Crippen molar-refractivity contribution in [2.45, 2.75) is 0 Å². The molecule has 0 radical (unpaired) electrons. The molecule has 0 aromatic heterocycles. The molecule has 0 saturated carbocycles. The van der Waals surface area contributed by atoms with E-state index in [0.29, 0.717) is 0 Å². The monoisotopic (exact) mass is 157 g/mol. The molecule has 0 aliphatic carbocycles. The average molecular weight is 157 g/mol. The summed E-state index contributed by atoms with van der Waals surface area (Å²) in [5.41, 5.74) is 0. The van der Waals surface area contributed by atoms with Crippen LogP contribution in [0.3, 0.4) is 0 Å². The summed E-state index contributed by atoms with van der Waals surface area (Å²) < 4.78 is 4.77. The van der Waals surface area contributed by atoms with Crippen LogP contribution in [0.2, 0.25) is 0 Å². The van der Waals surface area contributed by atoms with Crippen LogP contribution >= 0.6 is 0 Å². The minimum atomic E-state index is 0.754. The second-order valence-corrected chi connectivity index (χ2v) is 3.05. The maximum atomic E-state index is 4.77. The molecule has 0 aromatic rings. The molecule has 0 aromatic carbocycles. The van der Waals surface area contributed by atoms with E-state index in [4.69, 9.17) is 4.74 Å². The fraction of sp³-hybridized carbons (Fsp3) is 0.875. The quantitative estimate of drug-likeness (QED) is 0.538. The van der Waals surface area contributed by atoms with Crippen molar-refractivity contribution >= 4 is 0 Å². The third-order valence-corrected chi connectivity index (χ3v) is 2.15. The topological polar surface area (TPSA) is 15.7 Å². The number of ether oxygens (including phenoxy) is 1. The third-order valence-electron chi connectivity index (χ3n) is 2.15. The van der Waals surface area contributed by atoms with E-state index in [2.05, 4.69) is 24.0 Å². The van der Waals surface area contributed by atoms with E-state index in [1.807, 2.05) is 0 Å². The van der Waals surface area contributed by atoms with Gasteiger partial charge in [0.25, 0.3) is 0 Å². The zero-order valence-corrected chi connectivity index (χ0v) is 7.25. The van der Waals surface area contributed by atoms with Gasteiger partial charge in [-0.1, -0.05) is 0 Å². The Labute approximate surface area is 68.9 Å². The molecule has 0 bridgehead atoms. The Morgan fingerprint density at radius 3 is 2.45 bits per heavy atom. The number of rotatable bonds is 3. The van der Waals surface area contributed by atoms with Crippen molar-refractivity contribution in [2.24, 2.45) is 0 Å². The Balaban J connectivity index is 2.07. The maximum absolute atomic E-state index is 4.77. The van der Waals surface area contributed by atoms with Gasteiger partial charge in [-0.3, -0.25) is 4.90 Å². The van der Waals surface area contributed by atoms with Gasteiger partial charge in [0.2, 0.25) is 0 Å². The van der Waals surface area contributed by atoms with Crippen molar-refractivity contribution in [3.63, 3.8) is 0 Å². The molecular formula is C8H17N2O-. The lowest BCUT2D eigenvalue weighted by molar-refractivity contribution is 0.120. The van der Waals surface area contributed by atoms with E-state index in [0.717, 1.165) is 13.2 Å². The van der Waals surface area contributed by atoms with Crippen molar-refractivity contribution in [1.82, 2.24) is 9.80 Å². The van der Waals surface area contributed by atoms with Gasteiger partial charge in [-0.25, -0.2) is 7.11 Å². The predicted molar refractivity (Wildman–Crippen MR) is 45.2 cm³/mol. The average Bonchev–Trinajstić information content (AvgIpc) is 2.04. The lowest BCUT2D eigenvalue weighted by Crippen LogP contribution is -2.45. The Morgan fingerprint density at radius 1 is 1.27 bits per heavy atom. The molecular weight excluding hydrogens is 140 g/mol. The Hall–Kier alpha value is -0.120. The van der Waals surface area contributed by atoms with Crippen molar-refractivity contribution in [1.29, 1.82) is 0 Å². The highest BCUT2D eigenvalue weighted by Gasteiger charge is 2.11. The molecule has 1 aliphatic heterocycles. The Bertz CT molecular complexity index is 97.5. The molecule has 11 heavy (non-hydrogen) atoms. The summed E-state index contributed by atoms with van der Waals surface area (Å²) >= 11 is 0. The SMILES string of the molecule is [CH2-]OCCN1CCN(C)CC1. The largest absolute Gasteiger partial charge is 0.554 e. The first-order chi connectivity index (χ1) is 5.33. The van der Waals surface area contributed by atoms with Gasteiger partial charge in [0.1, 0.15) is 0 Å². The van der Waals surface area contributed by atoms with Gasteiger partial charge in [0, 0.05) is 39.3 Å². The number of hydrogen-bond donors (Lipinski definition) is 0. The van der Waals surface area contributed by atoms with Crippen LogP contribution in [0.4, 0.5) is 0 Å². The number of hydrogen-bond acceptors (Lipinski definition) is 3. The molecule has 3 heteroatoms. The van der Waals surface area contributed by atoms with Crippen LogP contribution < -0.4 is 0 Å². The third kappa shape index (κ3) is 3.18. The summed E-state index contributed by atoms with van der Waals surface area (Å²) in [6.45, 7) is 6.47. The fourth-order valence-electron chi connectivity index (χ4n) is 1.27. The normalized spacial score (nSPS) is 22.4. The van der Waals surface area contributed by atoms with Gasteiger partial charge >= 0.3 is 0 Å². The highest BCUT2D eigenvalue weighted by molar-refractivity contribution is 4.68. The molecule has 1 heterocycles. The number of piperazine rings is 1. The molecule has 0 unspecified atom stereocenters. The van der Waals surface area contributed by atoms with E-state index in [1.165, 1.54) is 26.2 Å². The number of nitrogens with zero attached hydrogens (tertiary/aromatic N) is 2. The fourth-order valence-corrected chi connectivity index (χ4v) is 1.27. The van der Waals surface area contributed by atoms with Crippen LogP contribution in [0.1, 0.15) is 0 Å². The predicted octanol–water partition coefficient (Wildman–Crippen LogP) is 0.0420. The lowest BCUT2D eigenvalue weighted by Gasteiger charge is -2.32. The van der Waals surface area contributed by atoms with Crippen LogP contribution in [-0.4, -0.2) is 56.2 Å². The maximum Gasteiger partial charge on any atom is 0.0241 e. The summed E-state index contributed by atoms with van der Waals surface area (Å²) in [5, 5.41) is 0. The van der Waals surface area contributed by atoms with Crippen molar-refractivity contribution in [3.8, 4) is 0 Å². The standard InChI is InChI=1S/C8H17N2O/c1-9-3-5-10(6-4-9)7-8-11-2/h2-8H2,1H3/q-1. The summed E-state index contributed by atoms with van der Waals surface area (Å²) in [5.74, 6) is 0. The van der Waals surface area contributed by atoms with E-state index < -0.39 is 0 Å². The summed E-state index contributed by atoms with van der Waals surface area (Å²) in [6.07, 6.45) is 0. The van der Waals surface area contributed by atoms with Crippen LogP contribution in [0.25, 0.3) is 0 Å². The van der Waals surface area contributed by atoms with Crippen molar-refractivity contribution in [2.75, 3.05) is 46.4 Å². The Kier molecular flexibility index (Phi) is 3.83. The molecule has 0 spiro atoms. The summed E-state index contributed by atoms with van der Waals surface area (Å²) in [6, 6.07) is 0. The van der Waals surface area contributed by atoms with Crippen molar-refractivity contribution < 1.29 is 4.74 Å². The molecule has 66 valence electrons. The van der Waals surface area contributed by atoms with E-state index in [9.17, 15) is 0 Å². The van der Waals surface area contributed by atoms with Crippen LogP contribution in [0.5, 0.6) is 0 Å². The van der Waals surface area contributed by atoms with Gasteiger partial charge in [0.15, 0.2) is 0 Å². The minimum Gasteiger partial charge on any atom is -0.554 e. The molecule has 1 fully saturated rings. The summed E-state index contributed by atoms with van der Waals surface area (Å²) in [4.78, 5) is 4.76. The van der Waals surface area contributed by atoms with Gasteiger partial charge in [-0.2, -0.15) is 0 Å². The van der Waals surface area contributed by atoms with Gasteiger partial charge in [-0.05, 0) is 7.05 Å². The molecule has 1 aliphatic rings. The zero-order valence-electron chi connectivity index (χ0n) is 7.25.